The smallest absolute Gasteiger partial charge is 0.290 e. The molecule has 8 heteroatoms. The number of hydrogen-bond donors (Lipinski definition) is 1. The van der Waals surface area contributed by atoms with Crippen LogP contribution in [0.3, 0.4) is 0 Å². The predicted octanol–water partition coefficient (Wildman–Crippen LogP) is 3.81. The standard InChI is InChI=1S/C22H23BrN2O4S/c23-16-6-4-15(5-7-16)19-18(20(26)17-3-1-14-30-17)21(27)22(28)25(19)9-2-8-24-10-12-29-13-11-24/h1,3-7,14,19,27H,2,8-13H2. The molecule has 1 aromatic heterocycles. The Labute approximate surface area is 187 Å². The maximum absolute atomic E-state index is 13.2. The second kappa shape index (κ2) is 9.43. The van der Waals surface area contributed by atoms with Crippen molar-refractivity contribution < 1.29 is 19.4 Å². The molecule has 0 aliphatic carbocycles. The van der Waals surface area contributed by atoms with Crippen molar-refractivity contribution in [3.63, 3.8) is 0 Å². The lowest BCUT2D eigenvalue weighted by molar-refractivity contribution is -0.129. The van der Waals surface area contributed by atoms with Crippen LogP contribution in [0.2, 0.25) is 0 Å². The van der Waals surface area contributed by atoms with E-state index in [1.165, 1.54) is 11.3 Å². The molecule has 1 aromatic carbocycles. The zero-order valence-electron chi connectivity index (χ0n) is 16.4. The van der Waals surface area contributed by atoms with E-state index in [1.54, 1.807) is 17.0 Å². The van der Waals surface area contributed by atoms with Crippen molar-refractivity contribution in [2.45, 2.75) is 12.5 Å². The van der Waals surface area contributed by atoms with Gasteiger partial charge in [0.05, 0.1) is 29.7 Å². The van der Waals surface area contributed by atoms with E-state index >= 15 is 0 Å². The number of ether oxygens (including phenoxy) is 1. The summed E-state index contributed by atoms with van der Waals surface area (Å²) in [5, 5.41) is 12.5. The second-order valence-corrected chi connectivity index (χ2v) is 9.19. The van der Waals surface area contributed by atoms with Gasteiger partial charge in [0.1, 0.15) is 0 Å². The van der Waals surface area contributed by atoms with E-state index in [9.17, 15) is 14.7 Å². The minimum atomic E-state index is -0.593. The van der Waals surface area contributed by atoms with Gasteiger partial charge in [-0.3, -0.25) is 14.5 Å². The molecule has 1 unspecified atom stereocenters. The van der Waals surface area contributed by atoms with E-state index < -0.39 is 17.7 Å². The molecule has 2 aliphatic rings. The molecule has 1 atom stereocenters. The summed E-state index contributed by atoms with van der Waals surface area (Å²) in [5.41, 5.74) is 0.970. The molecule has 0 spiro atoms. The maximum atomic E-state index is 13.2. The molecule has 1 amide bonds. The molecule has 158 valence electrons. The molecule has 6 nitrogen and oxygen atoms in total. The van der Waals surface area contributed by atoms with Crippen LogP contribution in [0, 0.1) is 0 Å². The fraction of sp³-hybridized carbons (Fsp3) is 0.364. The van der Waals surface area contributed by atoms with E-state index in [1.807, 2.05) is 29.6 Å². The van der Waals surface area contributed by atoms with Crippen LogP contribution in [0.5, 0.6) is 0 Å². The highest BCUT2D eigenvalue weighted by molar-refractivity contribution is 9.10. The average Bonchev–Trinajstić information content (AvgIpc) is 3.38. The first-order valence-corrected chi connectivity index (χ1v) is 11.6. The Morgan fingerprint density at radius 1 is 1.17 bits per heavy atom. The topological polar surface area (TPSA) is 70.1 Å². The number of aliphatic hydroxyl groups is 1. The Balaban J connectivity index is 1.59. The number of Topliss-reactive ketones (excluding diaryl/α,β-unsaturated/α-hetero) is 1. The van der Waals surface area contributed by atoms with Gasteiger partial charge in [-0.25, -0.2) is 0 Å². The van der Waals surface area contributed by atoms with Crippen LogP contribution in [0.15, 0.2) is 57.6 Å². The third-order valence-corrected chi connectivity index (χ3v) is 6.85. The van der Waals surface area contributed by atoms with E-state index in [2.05, 4.69) is 20.8 Å². The molecule has 2 aliphatic heterocycles. The number of thiophene rings is 1. The average molecular weight is 491 g/mol. The number of aliphatic hydroxyl groups excluding tert-OH is 1. The van der Waals surface area contributed by atoms with Gasteiger partial charge in [0.2, 0.25) is 5.78 Å². The summed E-state index contributed by atoms with van der Waals surface area (Å²) in [4.78, 5) is 30.6. The highest BCUT2D eigenvalue weighted by Crippen LogP contribution is 2.39. The highest BCUT2D eigenvalue weighted by atomic mass is 79.9. The SMILES string of the molecule is O=C(C1=C(O)C(=O)N(CCCN2CCOCC2)C1c1ccc(Br)cc1)c1cccs1. The van der Waals surface area contributed by atoms with Crippen LogP contribution in [0.1, 0.15) is 27.7 Å². The molecule has 1 fully saturated rings. The van der Waals surface area contributed by atoms with Gasteiger partial charge in [-0.1, -0.05) is 34.1 Å². The second-order valence-electron chi connectivity index (χ2n) is 7.33. The predicted molar refractivity (Wildman–Crippen MR) is 119 cm³/mol. The first-order chi connectivity index (χ1) is 14.6. The lowest BCUT2D eigenvalue weighted by Gasteiger charge is -2.30. The van der Waals surface area contributed by atoms with Gasteiger partial charge in [0.15, 0.2) is 5.76 Å². The number of nitrogens with zero attached hydrogens (tertiary/aromatic N) is 2. The van der Waals surface area contributed by atoms with Gasteiger partial charge < -0.3 is 14.7 Å². The first-order valence-electron chi connectivity index (χ1n) is 9.94. The van der Waals surface area contributed by atoms with Crippen LogP contribution in [0.25, 0.3) is 0 Å². The van der Waals surface area contributed by atoms with Crippen molar-refractivity contribution in [3.8, 4) is 0 Å². The Kier molecular flexibility index (Phi) is 6.67. The number of hydrogen-bond acceptors (Lipinski definition) is 6. The normalized spacial score (nSPS) is 20.2. The quantitative estimate of drug-likeness (QED) is 0.597. The lowest BCUT2D eigenvalue weighted by atomic mass is 9.95. The van der Waals surface area contributed by atoms with Crippen molar-refractivity contribution in [3.05, 3.63) is 68.0 Å². The van der Waals surface area contributed by atoms with Crippen molar-refractivity contribution in [1.82, 2.24) is 9.80 Å². The summed E-state index contributed by atoms with van der Waals surface area (Å²) >= 11 is 4.74. The van der Waals surface area contributed by atoms with E-state index in [0.717, 1.165) is 49.3 Å². The summed E-state index contributed by atoms with van der Waals surface area (Å²) in [6.07, 6.45) is 0.756. The van der Waals surface area contributed by atoms with E-state index in [-0.39, 0.29) is 11.4 Å². The molecular formula is C22H23BrN2O4S. The third kappa shape index (κ3) is 4.37. The Hall–Kier alpha value is -2.00. The molecule has 3 heterocycles. The van der Waals surface area contributed by atoms with Gasteiger partial charge in [-0.2, -0.15) is 0 Å². The summed E-state index contributed by atoms with van der Waals surface area (Å²) in [6.45, 7) is 4.53. The molecule has 0 saturated carbocycles. The van der Waals surface area contributed by atoms with Crippen molar-refractivity contribution in [2.75, 3.05) is 39.4 Å². The molecule has 0 bridgehead atoms. The molecule has 1 saturated heterocycles. The summed E-state index contributed by atoms with van der Waals surface area (Å²) in [7, 11) is 0. The lowest BCUT2D eigenvalue weighted by Crippen LogP contribution is -2.39. The molecule has 2 aromatic rings. The van der Waals surface area contributed by atoms with Gasteiger partial charge in [-0.15, -0.1) is 11.3 Å². The highest BCUT2D eigenvalue weighted by Gasteiger charge is 2.43. The number of amides is 1. The number of carbonyl (C=O) groups excluding carboxylic acids is 2. The number of halogens is 1. The fourth-order valence-corrected chi connectivity index (χ4v) is 4.88. The fourth-order valence-electron chi connectivity index (χ4n) is 3.94. The molecular weight excluding hydrogens is 468 g/mol. The molecule has 30 heavy (non-hydrogen) atoms. The van der Waals surface area contributed by atoms with Crippen LogP contribution >= 0.6 is 27.3 Å². The minimum Gasteiger partial charge on any atom is -0.503 e. The van der Waals surface area contributed by atoms with Crippen LogP contribution < -0.4 is 0 Å². The zero-order chi connectivity index (χ0) is 21.1. The maximum Gasteiger partial charge on any atom is 0.290 e. The van der Waals surface area contributed by atoms with Crippen molar-refractivity contribution >= 4 is 39.0 Å². The van der Waals surface area contributed by atoms with Crippen LogP contribution in [-0.2, 0) is 9.53 Å². The number of rotatable bonds is 7. The van der Waals surface area contributed by atoms with Gasteiger partial charge in [0, 0.05) is 30.7 Å². The van der Waals surface area contributed by atoms with Crippen LogP contribution in [-0.4, -0.2) is 66.0 Å². The zero-order valence-corrected chi connectivity index (χ0v) is 18.8. The van der Waals surface area contributed by atoms with Crippen molar-refractivity contribution in [2.24, 2.45) is 0 Å². The third-order valence-electron chi connectivity index (χ3n) is 5.46. The number of morpholine rings is 1. The van der Waals surface area contributed by atoms with E-state index in [0.29, 0.717) is 11.4 Å². The van der Waals surface area contributed by atoms with Gasteiger partial charge >= 0.3 is 0 Å². The minimum absolute atomic E-state index is 0.163. The Morgan fingerprint density at radius 2 is 1.90 bits per heavy atom. The number of ketones is 1. The number of benzene rings is 1. The van der Waals surface area contributed by atoms with Crippen LogP contribution in [0.4, 0.5) is 0 Å². The molecule has 4 rings (SSSR count). The first kappa shape index (κ1) is 21.2. The Bertz CT molecular complexity index is 937. The summed E-state index contributed by atoms with van der Waals surface area (Å²) < 4.78 is 6.30. The van der Waals surface area contributed by atoms with Gasteiger partial charge in [-0.05, 0) is 35.6 Å². The Morgan fingerprint density at radius 3 is 2.57 bits per heavy atom. The molecule has 1 N–H and O–H groups in total. The molecule has 0 radical (unpaired) electrons. The monoisotopic (exact) mass is 490 g/mol. The van der Waals surface area contributed by atoms with Gasteiger partial charge in [0.25, 0.3) is 5.91 Å². The summed E-state index contributed by atoms with van der Waals surface area (Å²) in [6, 6.07) is 10.5. The number of carbonyl (C=O) groups is 2. The largest absolute Gasteiger partial charge is 0.503 e. The van der Waals surface area contributed by atoms with Crippen molar-refractivity contribution in [1.29, 1.82) is 0 Å². The summed E-state index contributed by atoms with van der Waals surface area (Å²) in [5.74, 6) is -1.21. The van der Waals surface area contributed by atoms with E-state index in [4.69, 9.17) is 4.74 Å².